The topological polar surface area (TPSA) is 26.3 Å². The molecule has 2 heteroatoms. The SMILES string of the molecule is CCOC(=O)C1CCC(CCc2ccccc2)CC1. The molecule has 0 unspecified atom stereocenters. The van der Waals surface area contributed by atoms with Crippen LogP contribution in [-0.4, -0.2) is 12.6 Å². The largest absolute Gasteiger partial charge is 0.466 e. The molecule has 0 atom stereocenters. The standard InChI is InChI=1S/C17H24O2/c1-2-19-17(18)16-12-10-15(11-13-16)9-8-14-6-4-3-5-7-14/h3-7,15-16H,2,8-13H2,1H3. The van der Waals surface area contributed by atoms with Gasteiger partial charge < -0.3 is 4.74 Å². The summed E-state index contributed by atoms with van der Waals surface area (Å²) in [5.74, 6) is 0.961. The molecule has 1 aliphatic rings. The Morgan fingerprint density at radius 2 is 1.84 bits per heavy atom. The number of esters is 1. The summed E-state index contributed by atoms with van der Waals surface area (Å²) in [6.07, 6.45) is 6.79. The minimum atomic E-state index is 0.0176. The number of carbonyl (C=O) groups excluding carboxylic acids is 1. The quantitative estimate of drug-likeness (QED) is 0.748. The average molecular weight is 260 g/mol. The second-order valence-electron chi connectivity index (χ2n) is 5.49. The third kappa shape index (κ3) is 4.38. The summed E-state index contributed by atoms with van der Waals surface area (Å²) in [6, 6.07) is 10.7. The predicted molar refractivity (Wildman–Crippen MR) is 76.8 cm³/mol. The zero-order chi connectivity index (χ0) is 13.5. The van der Waals surface area contributed by atoms with Crippen molar-refractivity contribution in [2.24, 2.45) is 11.8 Å². The molecule has 0 spiro atoms. The van der Waals surface area contributed by atoms with Crippen molar-refractivity contribution in [3.8, 4) is 0 Å². The summed E-state index contributed by atoms with van der Waals surface area (Å²) < 4.78 is 5.11. The normalized spacial score (nSPS) is 23.0. The highest BCUT2D eigenvalue weighted by atomic mass is 16.5. The fourth-order valence-corrected chi connectivity index (χ4v) is 2.96. The third-order valence-corrected chi connectivity index (χ3v) is 4.15. The Labute approximate surface area is 116 Å². The number of ether oxygens (including phenoxy) is 1. The molecule has 1 aromatic carbocycles. The van der Waals surface area contributed by atoms with Gasteiger partial charge in [-0.25, -0.2) is 0 Å². The summed E-state index contributed by atoms with van der Waals surface area (Å²) in [7, 11) is 0. The van der Waals surface area contributed by atoms with Crippen molar-refractivity contribution in [3.05, 3.63) is 35.9 Å². The van der Waals surface area contributed by atoms with Gasteiger partial charge in [0.25, 0.3) is 0 Å². The van der Waals surface area contributed by atoms with Crippen molar-refractivity contribution in [2.75, 3.05) is 6.61 Å². The molecule has 0 N–H and O–H groups in total. The molecule has 1 fully saturated rings. The summed E-state index contributed by atoms with van der Waals surface area (Å²) in [6.45, 7) is 2.39. The van der Waals surface area contributed by atoms with Crippen molar-refractivity contribution in [1.29, 1.82) is 0 Å². The van der Waals surface area contributed by atoms with Gasteiger partial charge in [-0.1, -0.05) is 30.3 Å². The lowest BCUT2D eigenvalue weighted by molar-refractivity contribution is -0.149. The van der Waals surface area contributed by atoms with Crippen LogP contribution >= 0.6 is 0 Å². The molecular formula is C17H24O2. The summed E-state index contributed by atoms with van der Waals surface area (Å²) in [5.41, 5.74) is 1.43. The Hall–Kier alpha value is -1.31. The first-order chi connectivity index (χ1) is 9.29. The van der Waals surface area contributed by atoms with Gasteiger partial charge in [0.1, 0.15) is 0 Å². The fraction of sp³-hybridized carbons (Fsp3) is 0.588. The average Bonchev–Trinajstić information content (AvgIpc) is 2.47. The molecule has 2 nitrogen and oxygen atoms in total. The highest BCUT2D eigenvalue weighted by Gasteiger charge is 2.26. The van der Waals surface area contributed by atoms with Gasteiger partial charge in [0, 0.05) is 0 Å². The third-order valence-electron chi connectivity index (χ3n) is 4.15. The molecule has 104 valence electrons. The molecule has 1 aromatic rings. The van der Waals surface area contributed by atoms with E-state index in [0.717, 1.165) is 25.2 Å². The van der Waals surface area contributed by atoms with Crippen LogP contribution in [0.3, 0.4) is 0 Å². The van der Waals surface area contributed by atoms with Crippen LogP contribution in [0, 0.1) is 11.8 Å². The van der Waals surface area contributed by atoms with E-state index in [4.69, 9.17) is 4.74 Å². The lowest BCUT2D eigenvalue weighted by Gasteiger charge is -2.27. The van der Waals surface area contributed by atoms with Crippen LogP contribution in [-0.2, 0) is 16.0 Å². The van der Waals surface area contributed by atoms with Gasteiger partial charge in [-0.05, 0) is 56.9 Å². The monoisotopic (exact) mass is 260 g/mol. The summed E-state index contributed by atoms with van der Waals surface area (Å²) in [4.78, 5) is 11.7. The van der Waals surface area contributed by atoms with E-state index in [2.05, 4.69) is 30.3 Å². The van der Waals surface area contributed by atoms with Crippen molar-refractivity contribution in [3.63, 3.8) is 0 Å². The number of aryl methyl sites for hydroxylation is 1. The molecule has 0 heterocycles. The van der Waals surface area contributed by atoms with Gasteiger partial charge >= 0.3 is 5.97 Å². The first kappa shape index (κ1) is 14.1. The summed E-state index contributed by atoms with van der Waals surface area (Å²) >= 11 is 0. The van der Waals surface area contributed by atoms with Gasteiger partial charge in [0.05, 0.1) is 12.5 Å². The smallest absolute Gasteiger partial charge is 0.308 e. The van der Waals surface area contributed by atoms with Crippen LogP contribution in [0.1, 0.15) is 44.6 Å². The lowest BCUT2D eigenvalue weighted by Crippen LogP contribution is -2.24. The maximum atomic E-state index is 11.7. The van der Waals surface area contributed by atoms with E-state index in [1.165, 1.54) is 24.8 Å². The number of benzene rings is 1. The minimum Gasteiger partial charge on any atom is -0.466 e. The van der Waals surface area contributed by atoms with E-state index in [9.17, 15) is 4.79 Å². The van der Waals surface area contributed by atoms with Crippen LogP contribution < -0.4 is 0 Å². The van der Waals surface area contributed by atoms with Crippen molar-refractivity contribution < 1.29 is 9.53 Å². The number of carbonyl (C=O) groups is 1. The van der Waals surface area contributed by atoms with Crippen LogP contribution in [0.15, 0.2) is 30.3 Å². The first-order valence-electron chi connectivity index (χ1n) is 7.50. The highest BCUT2D eigenvalue weighted by Crippen LogP contribution is 2.32. The highest BCUT2D eigenvalue weighted by molar-refractivity contribution is 5.72. The van der Waals surface area contributed by atoms with Crippen LogP contribution in [0.5, 0.6) is 0 Å². The maximum absolute atomic E-state index is 11.7. The van der Waals surface area contributed by atoms with Crippen LogP contribution in [0.4, 0.5) is 0 Å². The van der Waals surface area contributed by atoms with E-state index < -0.39 is 0 Å². The Kier molecular flexibility index (Phi) is 5.44. The Morgan fingerprint density at radius 1 is 1.16 bits per heavy atom. The Morgan fingerprint density at radius 3 is 2.47 bits per heavy atom. The van der Waals surface area contributed by atoms with Gasteiger partial charge in [-0.2, -0.15) is 0 Å². The van der Waals surface area contributed by atoms with E-state index in [-0.39, 0.29) is 11.9 Å². The Bertz CT molecular complexity index is 378. The van der Waals surface area contributed by atoms with Gasteiger partial charge in [0.2, 0.25) is 0 Å². The number of hydrogen-bond acceptors (Lipinski definition) is 2. The van der Waals surface area contributed by atoms with E-state index in [1.807, 2.05) is 6.92 Å². The molecule has 0 bridgehead atoms. The van der Waals surface area contributed by atoms with Gasteiger partial charge in [0.15, 0.2) is 0 Å². The summed E-state index contributed by atoms with van der Waals surface area (Å²) in [5, 5.41) is 0. The zero-order valence-electron chi connectivity index (χ0n) is 11.8. The van der Waals surface area contributed by atoms with E-state index in [1.54, 1.807) is 0 Å². The molecule has 0 saturated heterocycles. The number of hydrogen-bond donors (Lipinski definition) is 0. The van der Waals surface area contributed by atoms with E-state index >= 15 is 0 Å². The van der Waals surface area contributed by atoms with Crippen LogP contribution in [0.2, 0.25) is 0 Å². The lowest BCUT2D eigenvalue weighted by atomic mass is 9.79. The molecule has 0 aliphatic heterocycles. The first-order valence-corrected chi connectivity index (χ1v) is 7.50. The van der Waals surface area contributed by atoms with E-state index in [0.29, 0.717) is 6.61 Å². The molecule has 19 heavy (non-hydrogen) atoms. The molecule has 0 aromatic heterocycles. The van der Waals surface area contributed by atoms with Gasteiger partial charge in [-0.3, -0.25) is 4.79 Å². The van der Waals surface area contributed by atoms with Crippen molar-refractivity contribution in [2.45, 2.75) is 45.4 Å². The second kappa shape index (κ2) is 7.32. The molecule has 1 aliphatic carbocycles. The minimum absolute atomic E-state index is 0.0176. The molecule has 2 rings (SSSR count). The number of rotatable bonds is 5. The molecule has 1 saturated carbocycles. The Balaban J connectivity index is 1.70. The maximum Gasteiger partial charge on any atom is 0.308 e. The zero-order valence-corrected chi connectivity index (χ0v) is 11.8. The molecule has 0 radical (unpaired) electrons. The van der Waals surface area contributed by atoms with Crippen molar-refractivity contribution in [1.82, 2.24) is 0 Å². The van der Waals surface area contributed by atoms with Gasteiger partial charge in [-0.15, -0.1) is 0 Å². The fourth-order valence-electron chi connectivity index (χ4n) is 2.96. The molecular weight excluding hydrogens is 236 g/mol. The predicted octanol–water partition coefficient (Wildman–Crippen LogP) is 3.99. The van der Waals surface area contributed by atoms with Crippen LogP contribution in [0.25, 0.3) is 0 Å². The second-order valence-corrected chi connectivity index (χ2v) is 5.49. The molecule has 0 amide bonds. The van der Waals surface area contributed by atoms with Crippen molar-refractivity contribution >= 4 is 5.97 Å².